The van der Waals surface area contributed by atoms with Gasteiger partial charge in [-0.1, -0.05) is 0 Å². The van der Waals surface area contributed by atoms with Crippen LogP contribution in [0.25, 0.3) is 0 Å². The van der Waals surface area contributed by atoms with Gasteiger partial charge in [0.1, 0.15) is 0 Å². The number of amides is 1. The maximum absolute atomic E-state index is 11.6. The maximum Gasteiger partial charge on any atom is 0.316 e. The molecule has 5 nitrogen and oxygen atoms in total. The Bertz CT molecular complexity index is 463. The summed E-state index contributed by atoms with van der Waals surface area (Å²) in [5.41, 5.74) is 6.86. The van der Waals surface area contributed by atoms with Gasteiger partial charge in [-0.2, -0.15) is 0 Å². The number of carbonyl (C=O) groups is 2. The summed E-state index contributed by atoms with van der Waals surface area (Å²) in [7, 11) is 0. The first kappa shape index (κ1) is 15.4. The van der Waals surface area contributed by atoms with Crippen LogP contribution >= 0.6 is 11.8 Å². The first-order valence-electron chi connectivity index (χ1n) is 6.04. The summed E-state index contributed by atoms with van der Waals surface area (Å²) in [5.74, 6) is -0.228. The number of hydrogen-bond acceptors (Lipinski definition) is 5. The van der Waals surface area contributed by atoms with Crippen molar-refractivity contribution in [3.63, 3.8) is 0 Å². The van der Waals surface area contributed by atoms with E-state index >= 15 is 0 Å². The lowest BCUT2D eigenvalue weighted by Gasteiger charge is -2.08. The van der Waals surface area contributed by atoms with Gasteiger partial charge in [-0.3, -0.25) is 9.59 Å². The smallest absolute Gasteiger partial charge is 0.316 e. The summed E-state index contributed by atoms with van der Waals surface area (Å²) in [6, 6.07) is 5.04. The molecule has 0 saturated heterocycles. The highest BCUT2D eigenvalue weighted by molar-refractivity contribution is 8.00. The van der Waals surface area contributed by atoms with Crippen LogP contribution in [0.3, 0.4) is 0 Å². The topological polar surface area (TPSA) is 81.4 Å². The van der Waals surface area contributed by atoms with E-state index in [2.05, 4.69) is 5.32 Å². The van der Waals surface area contributed by atoms with Crippen molar-refractivity contribution in [1.82, 2.24) is 5.32 Å². The Kier molecular flexibility index (Phi) is 6.21. The first-order valence-corrected chi connectivity index (χ1v) is 7.03. The number of esters is 1. The highest BCUT2D eigenvalue weighted by atomic mass is 32.2. The van der Waals surface area contributed by atoms with Crippen LogP contribution in [-0.2, 0) is 9.53 Å². The predicted molar refractivity (Wildman–Crippen MR) is 76.2 cm³/mol. The van der Waals surface area contributed by atoms with E-state index in [9.17, 15) is 9.59 Å². The summed E-state index contributed by atoms with van der Waals surface area (Å²) in [6.07, 6.45) is 0. The number of thioether (sulfide) groups is 1. The molecule has 1 rings (SSSR count). The Morgan fingerprint density at radius 3 is 2.68 bits per heavy atom. The molecule has 0 spiro atoms. The fourth-order valence-corrected chi connectivity index (χ4v) is 2.17. The molecule has 0 aliphatic rings. The zero-order valence-electron chi connectivity index (χ0n) is 11.1. The van der Waals surface area contributed by atoms with Crippen molar-refractivity contribution in [2.75, 3.05) is 24.6 Å². The second-order valence-electron chi connectivity index (χ2n) is 3.71. The lowest BCUT2D eigenvalue weighted by Crippen LogP contribution is -2.22. The highest BCUT2D eigenvalue weighted by Gasteiger charge is 2.09. The van der Waals surface area contributed by atoms with Crippen molar-refractivity contribution in [3.8, 4) is 0 Å². The normalized spacial score (nSPS) is 10.0. The van der Waals surface area contributed by atoms with Crippen molar-refractivity contribution in [2.45, 2.75) is 18.7 Å². The Labute approximate surface area is 116 Å². The molecule has 1 aromatic rings. The Morgan fingerprint density at radius 1 is 1.37 bits per heavy atom. The van der Waals surface area contributed by atoms with Gasteiger partial charge in [0.25, 0.3) is 5.91 Å². The van der Waals surface area contributed by atoms with Crippen LogP contribution in [0, 0.1) is 0 Å². The Balaban J connectivity index is 2.67. The molecule has 0 aliphatic heterocycles. The van der Waals surface area contributed by atoms with E-state index in [0.717, 1.165) is 4.90 Å². The molecule has 104 valence electrons. The quantitative estimate of drug-likeness (QED) is 0.471. The van der Waals surface area contributed by atoms with Gasteiger partial charge in [0, 0.05) is 22.7 Å². The van der Waals surface area contributed by atoms with Gasteiger partial charge >= 0.3 is 5.97 Å². The Morgan fingerprint density at radius 2 is 2.11 bits per heavy atom. The third-order valence-electron chi connectivity index (χ3n) is 2.26. The summed E-state index contributed by atoms with van der Waals surface area (Å²) in [4.78, 5) is 23.6. The predicted octanol–water partition coefficient (Wildman–Crippen LogP) is 1.67. The van der Waals surface area contributed by atoms with Crippen LogP contribution in [0.15, 0.2) is 23.1 Å². The van der Waals surface area contributed by atoms with Crippen molar-refractivity contribution in [3.05, 3.63) is 23.8 Å². The first-order chi connectivity index (χ1) is 9.08. The molecule has 0 saturated carbocycles. The molecule has 6 heteroatoms. The lowest BCUT2D eigenvalue weighted by atomic mass is 10.2. The van der Waals surface area contributed by atoms with Crippen LogP contribution in [0.4, 0.5) is 5.69 Å². The SMILES string of the molecule is CCNC(=O)c1ccc(SCC(=O)OCC)c(N)c1. The fraction of sp³-hybridized carbons (Fsp3) is 0.385. The molecule has 3 N–H and O–H groups in total. The number of benzene rings is 1. The van der Waals surface area contributed by atoms with Crippen molar-refractivity contribution in [2.24, 2.45) is 0 Å². The van der Waals surface area contributed by atoms with Gasteiger partial charge in [0.05, 0.1) is 12.4 Å². The average Bonchev–Trinajstić information content (AvgIpc) is 2.38. The van der Waals surface area contributed by atoms with Gasteiger partial charge in [0.15, 0.2) is 0 Å². The van der Waals surface area contributed by atoms with Crippen LogP contribution in [-0.4, -0.2) is 30.8 Å². The summed E-state index contributed by atoms with van der Waals surface area (Å²) in [6.45, 7) is 4.55. The van der Waals surface area contributed by atoms with E-state index in [1.54, 1.807) is 25.1 Å². The minimum absolute atomic E-state index is 0.156. The number of anilines is 1. The van der Waals surface area contributed by atoms with Gasteiger partial charge in [0.2, 0.25) is 0 Å². The van der Waals surface area contributed by atoms with Gasteiger partial charge in [-0.25, -0.2) is 0 Å². The summed E-state index contributed by atoms with van der Waals surface area (Å²) in [5, 5.41) is 2.70. The number of ether oxygens (including phenoxy) is 1. The molecule has 1 aromatic carbocycles. The zero-order valence-corrected chi connectivity index (χ0v) is 11.9. The number of carbonyl (C=O) groups excluding carboxylic acids is 2. The number of hydrogen-bond donors (Lipinski definition) is 2. The monoisotopic (exact) mass is 282 g/mol. The molecule has 0 heterocycles. The van der Waals surface area contributed by atoms with E-state index in [4.69, 9.17) is 10.5 Å². The minimum atomic E-state index is -0.278. The number of nitrogens with one attached hydrogen (secondary N) is 1. The molecular formula is C13H18N2O3S. The van der Waals surface area contributed by atoms with Gasteiger partial charge < -0.3 is 15.8 Å². The van der Waals surface area contributed by atoms with Crippen LogP contribution in [0.1, 0.15) is 24.2 Å². The van der Waals surface area contributed by atoms with Crippen molar-refractivity contribution >= 4 is 29.3 Å². The number of rotatable bonds is 6. The van der Waals surface area contributed by atoms with Gasteiger partial charge in [-0.15, -0.1) is 11.8 Å². The van der Waals surface area contributed by atoms with Crippen molar-refractivity contribution < 1.29 is 14.3 Å². The second kappa shape index (κ2) is 7.68. The number of nitrogen functional groups attached to an aromatic ring is 1. The van der Waals surface area contributed by atoms with E-state index in [1.807, 2.05) is 6.92 Å². The standard InChI is InChI=1S/C13H18N2O3S/c1-3-15-13(17)9-5-6-11(10(14)7-9)19-8-12(16)18-4-2/h5-7H,3-4,8,14H2,1-2H3,(H,15,17). The van der Waals surface area contributed by atoms with Gasteiger partial charge in [-0.05, 0) is 32.0 Å². The third-order valence-corrected chi connectivity index (χ3v) is 3.32. The average molecular weight is 282 g/mol. The lowest BCUT2D eigenvalue weighted by molar-refractivity contribution is -0.139. The fourth-order valence-electron chi connectivity index (χ4n) is 1.42. The van der Waals surface area contributed by atoms with Crippen LogP contribution < -0.4 is 11.1 Å². The van der Waals surface area contributed by atoms with E-state index in [-0.39, 0.29) is 17.6 Å². The minimum Gasteiger partial charge on any atom is -0.465 e. The zero-order chi connectivity index (χ0) is 14.3. The highest BCUT2D eigenvalue weighted by Crippen LogP contribution is 2.26. The number of nitrogens with two attached hydrogens (primary N) is 1. The third kappa shape index (κ3) is 4.82. The molecule has 0 aromatic heterocycles. The van der Waals surface area contributed by atoms with E-state index in [1.165, 1.54) is 11.8 Å². The molecular weight excluding hydrogens is 264 g/mol. The molecule has 0 atom stereocenters. The molecule has 0 bridgehead atoms. The molecule has 19 heavy (non-hydrogen) atoms. The summed E-state index contributed by atoms with van der Waals surface area (Å²) < 4.78 is 4.83. The van der Waals surface area contributed by atoms with Crippen LogP contribution in [0.2, 0.25) is 0 Å². The van der Waals surface area contributed by atoms with Crippen molar-refractivity contribution in [1.29, 1.82) is 0 Å². The van der Waals surface area contributed by atoms with E-state index in [0.29, 0.717) is 24.4 Å². The van der Waals surface area contributed by atoms with E-state index < -0.39 is 0 Å². The second-order valence-corrected chi connectivity index (χ2v) is 4.72. The molecule has 0 radical (unpaired) electrons. The summed E-state index contributed by atoms with van der Waals surface area (Å²) >= 11 is 1.30. The molecule has 0 fully saturated rings. The van der Waals surface area contributed by atoms with Crippen LogP contribution in [0.5, 0.6) is 0 Å². The Hall–Kier alpha value is -1.69. The molecule has 1 amide bonds. The molecule has 0 unspecified atom stereocenters. The molecule has 0 aliphatic carbocycles. The largest absolute Gasteiger partial charge is 0.465 e. The maximum atomic E-state index is 11.6.